The van der Waals surface area contributed by atoms with Gasteiger partial charge in [0, 0.05) is 54.5 Å². The molecule has 1 saturated heterocycles. The fraction of sp³-hybridized carbons (Fsp3) is 0.333. The smallest absolute Gasteiger partial charge is 0.161 e. The minimum absolute atomic E-state index is 0.0680. The number of hydrogen-bond donors (Lipinski definition) is 2. The average molecular weight is 422 g/mol. The lowest BCUT2D eigenvalue weighted by atomic mass is 9.90. The third-order valence-electron chi connectivity index (χ3n) is 6.29. The molecule has 31 heavy (non-hydrogen) atoms. The molecule has 2 aromatic carbocycles. The van der Waals surface area contributed by atoms with Gasteiger partial charge in [-0.05, 0) is 37.6 Å². The van der Waals surface area contributed by atoms with Crippen LogP contribution in [0, 0.1) is 17.6 Å². The Morgan fingerprint density at radius 1 is 1.10 bits per heavy atom. The number of benzene rings is 2. The number of carbonyl (C=O) groups is 1. The van der Waals surface area contributed by atoms with Crippen LogP contribution in [0.2, 0.25) is 0 Å². The van der Waals surface area contributed by atoms with E-state index >= 15 is 0 Å². The molecule has 1 fully saturated rings. The van der Waals surface area contributed by atoms with E-state index in [9.17, 15) is 13.6 Å². The van der Waals surface area contributed by atoms with Gasteiger partial charge in [-0.3, -0.25) is 9.69 Å². The van der Waals surface area contributed by atoms with Crippen LogP contribution in [0.3, 0.4) is 0 Å². The minimum atomic E-state index is -0.916. The summed E-state index contributed by atoms with van der Waals surface area (Å²) in [5, 5.41) is 1.26. The summed E-state index contributed by atoms with van der Waals surface area (Å²) < 4.78 is 26.7. The Hall–Kier alpha value is -3.06. The van der Waals surface area contributed by atoms with Gasteiger partial charge < -0.3 is 9.97 Å². The number of aromatic amines is 2. The van der Waals surface area contributed by atoms with Crippen molar-refractivity contribution in [1.82, 2.24) is 19.9 Å². The number of fused-ring (bicyclic) bond motifs is 2. The van der Waals surface area contributed by atoms with Crippen LogP contribution in [-0.4, -0.2) is 38.7 Å². The van der Waals surface area contributed by atoms with Crippen LogP contribution in [0.1, 0.15) is 30.7 Å². The highest BCUT2D eigenvalue weighted by Crippen LogP contribution is 2.25. The molecule has 5 nitrogen and oxygen atoms in total. The summed E-state index contributed by atoms with van der Waals surface area (Å²) in [4.78, 5) is 25.7. The van der Waals surface area contributed by atoms with E-state index in [1.165, 1.54) is 10.9 Å². The first kappa shape index (κ1) is 19.9. The zero-order valence-electron chi connectivity index (χ0n) is 17.1. The highest BCUT2D eigenvalue weighted by molar-refractivity contribution is 5.83. The molecule has 3 heterocycles. The van der Waals surface area contributed by atoms with E-state index in [2.05, 4.69) is 44.2 Å². The van der Waals surface area contributed by atoms with E-state index in [4.69, 9.17) is 0 Å². The zero-order valence-corrected chi connectivity index (χ0v) is 17.1. The van der Waals surface area contributed by atoms with Gasteiger partial charge >= 0.3 is 0 Å². The Labute approximate surface area is 178 Å². The van der Waals surface area contributed by atoms with Crippen molar-refractivity contribution in [3.8, 4) is 0 Å². The lowest BCUT2D eigenvalue weighted by Crippen LogP contribution is -2.36. The highest BCUT2D eigenvalue weighted by atomic mass is 19.2. The van der Waals surface area contributed by atoms with E-state index in [0.29, 0.717) is 29.7 Å². The van der Waals surface area contributed by atoms with Crippen LogP contribution in [0.25, 0.3) is 21.9 Å². The van der Waals surface area contributed by atoms with Crippen molar-refractivity contribution in [3.63, 3.8) is 0 Å². The molecule has 4 aromatic rings. The van der Waals surface area contributed by atoms with Gasteiger partial charge in [0.1, 0.15) is 11.6 Å². The van der Waals surface area contributed by atoms with Crippen molar-refractivity contribution in [2.24, 2.45) is 5.92 Å². The maximum atomic E-state index is 13.4. The Bertz CT molecular complexity index is 1200. The van der Waals surface area contributed by atoms with Crippen LogP contribution < -0.4 is 0 Å². The number of ketones is 1. The second-order valence-corrected chi connectivity index (χ2v) is 8.34. The molecule has 160 valence electrons. The molecule has 0 spiro atoms. The molecule has 1 aliphatic heterocycles. The SMILES string of the molecule is O=C(CCc1nc2cc(F)c(F)cc2[nH]1)C1CCN(Cc2c[nH]c3ccccc23)CC1. The van der Waals surface area contributed by atoms with Gasteiger partial charge in [0.05, 0.1) is 11.0 Å². The van der Waals surface area contributed by atoms with Crippen molar-refractivity contribution in [2.75, 3.05) is 13.1 Å². The molecule has 5 rings (SSSR count). The molecule has 0 bridgehead atoms. The Morgan fingerprint density at radius 2 is 1.87 bits per heavy atom. The number of halogens is 2. The Balaban J connectivity index is 1.14. The van der Waals surface area contributed by atoms with E-state index in [-0.39, 0.29) is 11.7 Å². The van der Waals surface area contributed by atoms with Gasteiger partial charge in [0.2, 0.25) is 0 Å². The number of piperidine rings is 1. The number of H-pyrrole nitrogens is 2. The van der Waals surface area contributed by atoms with E-state index in [1.807, 2.05) is 6.07 Å². The lowest BCUT2D eigenvalue weighted by molar-refractivity contribution is -0.124. The quantitative estimate of drug-likeness (QED) is 0.472. The number of nitrogens with one attached hydrogen (secondary N) is 2. The molecule has 2 aromatic heterocycles. The van der Waals surface area contributed by atoms with Gasteiger partial charge in [0.25, 0.3) is 0 Å². The van der Waals surface area contributed by atoms with E-state index < -0.39 is 11.6 Å². The fourth-order valence-corrected chi connectivity index (χ4v) is 4.54. The van der Waals surface area contributed by atoms with Crippen molar-refractivity contribution in [1.29, 1.82) is 0 Å². The van der Waals surface area contributed by atoms with Crippen LogP contribution in [0.4, 0.5) is 8.78 Å². The van der Waals surface area contributed by atoms with Gasteiger partial charge in [-0.15, -0.1) is 0 Å². The predicted octanol–water partition coefficient (Wildman–Crippen LogP) is 4.74. The number of carbonyl (C=O) groups excluding carboxylic acids is 1. The number of imidazole rings is 1. The van der Waals surface area contributed by atoms with Crippen LogP contribution in [0.15, 0.2) is 42.6 Å². The fourth-order valence-electron chi connectivity index (χ4n) is 4.54. The Kier molecular flexibility index (Phi) is 5.28. The number of rotatable bonds is 6. The second kappa shape index (κ2) is 8.23. The number of nitrogens with zero attached hydrogens (tertiary/aromatic N) is 2. The average Bonchev–Trinajstić information content (AvgIpc) is 3.36. The molecule has 0 radical (unpaired) electrons. The lowest BCUT2D eigenvalue weighted by Gasteiger charge is -2.31. The van der Waals surface area contributed by atoms with Crippen molar-refractivity contribution < 1.29 is 13.6 Å². The standard InChI is InChI=1S/C24H24F2N4O/c25-18-11-21-22(12-19(18)26)29-24(28-21)6-5-23(31)15-7-9-30(10-8-15)14-16-13-27-20-4-2-1-3-17(16)20/h1-4,11-13,15,27H,5-10,14H2,(H,28,29). The summed E-state index contributed by atoms with van der Waals surface area (Å²) in [7, 11) is 0. The van der Waals surface area contributed by atoms with Crippen LogP contribution in [-0.2, 0) is 17.8 Å². The molecule has 1 aliphatic rings. The maximum Gasteiger partial charge on any atom is 0.161 e. The van der Waals surface area contributed by atoms with Gasteiger partial charge in [-0.25, -0.2) is 13.8 Å². The van der Waals surface area contributed by atoms with Crippen molar-refractivity contribution >= 4 is 27.7 Å². The number of hydrogen-bond acceptors (Lipinski definition) is 3. The summed E-state index contributed by atoms with van der Waals surface area (Å²) in [5.74, 6) is -0.924. The number of Topliss-reactive ketones (excluding diaryl/α,β-unsaturated/α-hetero) is 1. The molecule has 0 amide bonds. The van der Waals surface area contributed by atoms with Gasteiger partial charge in [-0.2, -0.15) is 0 Å². The molecule has 0 unspecified atom stereocenters. The number of para-hydroxylation sites is 1. The highest BCUT2D eigenvalue weighted by Gasteiger charge is 2.25. The molecular weight excluding hydrogens is 398 g/mol. The topological polar surface area (TPSA) is 64.8 Å². The molecule has 2 N–H and O–H groups in total. The number of aromatic nitrogens is 3. The minimum Gasteiger partial charge on any atom is -0.361 e. The summed E-state index contributed by atoms with van der Waals surface area (Å²) in [6.45, 7) is 2.69. The normalized spacial score (nSPS) is 15.8. The molecule has 0 aliphatic carbocycles. The van der Waals surface area contributed by atoms with Crippen molar-refractivity contribution in [3.05, 3.63) is 65.6 Å². The summed E-state index contributed by atoms with van der Waals surface area (Å²) in [5.41, 5.74) is 3.27. The van der Waals surface area contributed by atoms with E-state index in [0.717, 1.165) is 50.1 Å². The third kappa shape index (κ3) is 4.10. The first-order valence-corrected chi connectivity index (χ1v) is 10.7. The summed E-state index contributed by atoms with van der Waals surface area (Å²) in [6, 6.07) is 10.5. The van der Waals surface area contributed by atoms with Gasteiger partial charge in [-0.1, -0.05) is 18.2 Å². The van der Waals surface area contributed by atoms with Crippen LogP contribution in [0.5, 0.6) is 0 Å². The largest absolute Gasteiger partial charge is 0.361 e. The molecule has 0 saturated carbocycles. The van der Waals surface area contributed by atoms with Crippen molar-refractivity contribution in [2.45, 2.75) is 32.2 Å². The van der Waals surface area contributed by atoms with E-state index in [1.54, 1.807) is 0 Å². The maximum absolute atomic E-state index is 13.4. The number of likely N-dealkylation sites (tertiary alicyclic amines) is 1. The predicted molar refractivity (Wildman–Crippen MR) is 116 cm³/mol. The van der Waals surface area contributed by atoms with Gasteiger partial charge in [0.15, 0.2) is 11.6 Å². The monoisotopic (exact) mass is 422 g/mol. The summed E-state index contributed by atoms with van der Waals surface area (Å²) >= 11 is 0. The molecular formula is C24H24F2N4O. The number of aryl methyl sites for hydroxylation is 1. The van der Waals surface area contributed by atoms with Crippen LogP contribution >= 0.6 is 0 Å². The first-order chi connectivity index (χ1) is 15.1. The molecule has 0 atom stereocenters. The summed E-state index contributed by atoms with van der Waals surface area (Å²) in [6.07, 6.45) is 4.63. The zero-order chi connectivity index (χ0) is 21.4. The first-order valence-electron chi connectivity index (χ1n) is 10.7. The second-order valence-electron chi connectivity index (χ2n) is 8.34. The third-order valence-corrected chi connectivity index (χ3v) is 6.29. The molecule has 7 heteroatoms. The Morgan fingerprint density at radius 3 is 2.71 bits per heavy atom.